The number of hydrogen-bond acceptors (Lipinski definition) is 3. The largest absolute Gasteiger partial charge is 0.392 e. The Bertz CT molecular complexity index is 189. The molecule has 0 radical (unpaired) electrons. The molecule has 15 heavy (non-hydrogen) atoms. The second-order valence-electron chi connectivity index (χ2n) is 5.40. The van der Waals surface area contributed by atoms with E-state index in [0.29, 0.717) is 19.1 Å². The van der Waals surface area contributed by atoms with Gasteiger partial charge in [0.1, 0.15) is 0 Å². The summed E-state index contributed by atoms with van der Waals surface area (Å²) in [6.07, 6.45) is 0.742. The summed E-state index contributed by atoms with van der Waals surface area (Å²) in [5.74, 6) is 0.576. The van der Waals surface area contributed by atoms with Gasteiger partial charge < -0.3 is 14.6 Å². The maximum atomic E-state index is 9.51. The Labute approximate surface area is 92.8 Å². The fourth-order valence-corrected chi connectivity index (χ4v) is 1.72. The number of aliphatic hydroxyl groups is 1. The Morgan fingerprint density at radius 3 is 2.47 bits per heavy atom. The highest BCUT2D eigenvalue weighted by Gasteiger charge is 2.48. The van der Waals surface area contributed by atoms with Crippen LogP contribution in [0.15, 0.2) is 0 Å². The van der Waals surface area contributed by atoms with E-state index in [0.717, 1.165) is 13.0 Å². The molecule has 1 fully saturated rings. The average Bonchev–Trinajstić information content (AvgIpc) is 2.15. The molecule has 1 N–H and O–H groups in total. The molecule has 0 aromatic heterocycles. The molecule has 1 saturated carbocycles. The van der Waals surface area contributed by atoms with E-state index in [1.807, 2.05) is 13.8 Å². The van der Waals surface area contributed by atoms with Gasteiger partial charge >= 0.3 is 0 Å². The van der Waals surface area contributed by atoms with Gasteiger partial charge in [0.25, 0.3) is 0 Å². The van der Waals surface area contributed by atoms with Crippen molar-refractivity contribution in [3.05, 3.63) is 0 Å². The maximum Gasteiger partial charge on any atom is 0.0704 e. The van der Waals surface area contributed by atoms with Crippen LogP contribution in [0, 0.1) is 11.3 Å². The average molecular weight is 216 g/mol. The van der Waals surface area contributed by atoms with Crippen molar-refractivity contribution in [3.8, 4) is 0 Å². The van der Waals surface area contributed by atoms with E-state index >= 15 is 0 Å². The third-order valence-corrected chi connectivity index (χ3v) is 3.12. The van der Waals surface area contributed by atoms with Gasteiger partial charge in [0.15, 0.2) is 0 Å². The van der Waals surface area contributed by atoms with Crippen molar-refractivity contribution in [1.29, 1.82) is 0 Å². The molecule has 3 nitrogen and oxygen atoms in total. The van der Waals surface area contributed by atoms with Crippen molar-refractivity contribution < 1.29 is 14.6 Å². The quantitative estimate of drug-likeness (QED) is 0.688. The molecule has 0 aromatic carbocycles. The second-order valence-corrected chi connectivity index (χ2v) is 5.40. The number of hydrogen-bond donors (Lipinski definition) is 1. The molecule has 2 atom stereocenters. The summed E-state index contributed by atoms with van der Waals surface area (Å²) >= 11 is 0. The van der Waals surface area contributed by atoms with Gasteiger partial charge in [-0.2, -0.15) is 0 Å². The Kier molecular flexibility index (Phi) is 4.56. The van der Waals surface area contributed by atoms with Crippen LogP contribution in [0.25, 0.3) is 0 Å². The minimum Gasteiger partial charge on any atom is -0.392 e. The zero-order chi connectivity index (χ0) is 11.5. The predicted molar refractivity (Wildman–Crippen MR) is 59.8 cm³/mol. The lowest BCUT2D eigenvalue weighted by molar-refractivity contribution is -0.179. The lowest BCUT2D eigenvalue weighted by Gasteiger charge is -2.48. The molecule has 0 heterocycles. The van der Waals surface area contributed by atoms with E-state index in [2.05, 4.69) is 13.8 Å². The molecule has 0 saturated heterocycles. The van der Waals surface area contributed by atoms with E-state index in [9.17, 15) is 5.11 Å². The van der Waals surface area contributed by atoms with Crippen LogP contribution in [0.3, 0.4) is 0 Å². The van der Waals surface area contributed by atoms with Crippen LogP contribution in [-0.2, 0) is 9.47 Å². The standard InChI is InChI=1S/C12H24O3/c1-9(2)8-14-5-6-15-11-7-10(13)12(11,3)4/h9-11,13H,5-8H2,1-4H3. The Hall–Kier alpha value is -0.120. The zero-order valence-electron chi connectivity index (χ0n) is 10.3. The van der Waals surface area contributed by atoms with Crippen molar-refractivity contribution in [2.24, 2.45) is 11.3 Å². The molecule has 1 rings (SSSR count). The fraction of sp³-hybridized carbons (Fsp3) is 1.00. The molecule has 0 aliphatic heterocycles. The molecular formula is C12H24O3. The van der Waals surface area contributed by atoms with Crippen LogP contribution >= 0.6 is 0 Å². The number of rotatable bonds is 6. The highest BCUT2D eigenvalue weighted by atomic mass is 16.5. The van der Waals surface area contributed by atoms with E-state index in [4.69, 9.17) is 9.47 Å². The van der Waals surface area contributed by atoms with E-state index < -0.39 is 0 Å². The molecule has 3 heteroatoms. The van der Waals surface area contributed by atoms with E-state index in [1.165, 1.54) is 0 Å². The summed E-state index contributed by atoms with van der Waals surface area (Å²) in [4.78, 5) is 0. The Morgan fingerprint density at radius 2 is 2.00 bits per heavy atom. The summed E-state index contributed by atoms with van der Waals surface area (Å²) in [7, 11) is 0. The molecule has 0 amide bonds. The molecule has 1 aliphatic carbocycles. The smallest absolute Gasteiger partial charge is 0.0704 e. The molecule has 0 bridgehead atoms. The minimum absolute atomic E-state index is 0.0853. The van der Waals surface area contributed by atoms with Gasteiger partial charge in [0.05, 0.1) is 25.4 Å². The van der Waals surface area contributed by atoms with Crippen molar-refractivity contribution in [1.82, 2.24) is 0 Å². The first-order valence-corrected chi connectivity index (χ1v) is 5.82. The Morgan fingerprint density at radius 1 is 1.33 bits per heavy atom. The number of aliphatic hydroxyl groups excluding tert-OH is 1. The first-order chi connectivity index (χ1) is 6.94. The first kappa shape index (κ1) is 12.9. The third kappa shape index (κ3) is 3.44. The first-order valence-electron chi connectivity index (χ1n) is 5.82. The minimum atomic E-state index is -0.209. The van der Waals surface area contributed by atoms with Crippen LogP contribution in [-0.4, -0.2) is 37.1 Å². The maximum absolute atomic E-state index is 9.51. The summed E-state index contributed by atoms with van der Waals surface area (Å²) in [6.45, 7) is 10.4. The van der Waals surface area contributed by atoms with Crippen LogP contribution in [0.5, 0.6) is 0 Å². The van der Waals surface area contributed by atoms with Gasteiger partial charge in [-0.25, -0.2) is 0 Å². The molecule has 0 spiro atoms. The SMILES string of the molecule is CC(C)COCCOC1CC(O)C1(C)C. The van der Waals surface area contributed by atoms with Gasteiger partial charge in [-0.15, -0.1) is 0 Å². The monoisotopic (exact) mass is 216 g/mol. The molecule has 2 unspecified atom stereocenters. The fourth-order valence-electron chi connectivity index (χ4n) is 1.72. The summed E-state index contributed by atoms with van der Waals surface area (Å²) in [5, 5.41) is 9.51. The number of ether oxygens (including phenoxy) is 2. The van der Waals surface area contributed by atoms with Crippen LogP contribution < -0.4 is 0 Å². The summed E-state index contributed by atoms with van der Waals surface area (Å²) in [6, 6.07) is 0. The highest BCUT2D eigenvalue weighted by Crippen LogP contribution is 2.42. The lowest BCUT2D eigenvalue weighted by Crippen LogP contribution is -2.54. The van der Waals surface area contributed by atoms with Crippen LogP contribution in [0.1, 0.15) is 34.1 Å². The summed E-state index contributed by atoms with van der Waals surface area (Å²) in [5.41, 5.74) is -0.0853. The van der Waals surface area contributed by atoms with E-state index in [-0.39, 0.29) is 17.6 Å². The van der Waals surface area contributed by atoms with Gasteiger partial charge in [-0.3, -0.25) is 0 Å². The van der Waals surface area contributed by atoms with Crippen LogP contribution in [0.2, 0.25) is 0 Å². The van der Waals surface area contributed by atoms with Crippen molar-refractivity contribution in [2.45, 2.75) is 46.3 Å². The second kappa shape index (κ2) is 5.28. The van der Waals surface area contributed by atoms with Crippen molar-refractivity contribution in [3.63, 3.8) is 0 Å². The van der Waals surface area contributed by atoms with E-state index in [1.54, 1.807) is 0 Å². The molecule has 0 aromatic rings. The van der Waals surface area contributed by atoms with Gasteiger partial charge in [-0.05, 0) is 5.92 Å². The molecular weight excluding hydrogens is 192 g/mol. The topological polar surface area (TPSA) is 38.7 Å². The lowest BCUT2D eigenvalue weighted by atomic mass is 9.66. The molecule has 1 aliphatic rings. The highest BCUT2D eigenvalue weighted by molar-refractivity contribution is 4.98. The Balaban J connectivity index is 2.02. The third-order valence-electron chi connectivity index (χ3n) is 3.12. The molecule has 90 valence electrons. The van der Waals surface area contributed by atoms with Crippen LogP contribution in [0.4, 0.5) is 0 Å². The van der Waals surface area contributed by atoms with Gasteiger partial charge in [0.2, 0.25) is 0 Å². The zero-order valence-corrected chi connectivity index (χ0v) is 10.3. The normalized spacial score (nSPS) is 29.2. The van der Waals surface area contributed by atoms with Gasteiger partial charge in [0, 0.05) is 18.4 Å². The van der Waals surface area contributed by atoms with Crippen molar-refractivity contribution >= 4 is 0 Å². The van der Waals surface area contributed by atoms with Crippen molar-refractivity contribution in [2.75, 3.05) is 19.8 Å². The summed E-state index contributed by atoms with van der Waals surface area (Å²) < 4.78 is 11.1. The van der Waals surface area contributed by atoms with Gasteiger partial charge in [-0.1, -0.05) is 27.7 Å². The predicted octanol–water partition coefficient (Wildman–Crippen LogP) is 1.83.